The highest BCUT2D eigenvalue weighted by atomic mass is 19.4. The molecule has 0 spiro atoms. The number of alkyl halides is 3. The van der Waals surface area contributed by atoms with Crippen molar-refractivity contribution in [3.8, 4) is 5.75 Å². The third-order valence-electron chi connectivity index (χ3n) is 3.39. The molecule has 1 aromatic rings. The van der Waals surface area contributed by atoms with Crippen LogP contribution < -0.4 is 10.1 Å². The first kappa shape index (κ1) is 15.0. The van der Waals surface area contributed by atoms with Gasteiger partial charge in [-0.15, -0.1) is 13.2 Å². The van der Waals surface area contributed by atoms with Crippen molar-refractivity contribution in [1.29, 1.82) is 0 Å². The highest BCUT2D eigenvalue weighted by molar-refractivity contribution is 5.49. The number of benzene rings is 1. The third kappa shape index (κ3) is 4.30. The molecular formula is C14H19F3N2O. The molecule has 0 radical (unpaired) electrons. The summed E-state index contributed by atoms with van der Waals surface area (Å²) in [5.74, 6) is -0.193. The van der Waals surface area contributed by atoms with Crippen LogP contribution in [0.2, 0.25) is 0 Å². The van der Waals surface area contributed by atoms with E-state index in [-0.39, 0.29) is 11.8 Å². The second-order valence-corrected chi connectivity index (χ2v) is 5.29. The zero-order valence-corrected chi connectivity index (χ0v) is 11.6. The van der Waals surface area contributed by atoms with Crippen LogP contribution in [-0.4, -0.2) is 36.4 Å². The standard InChI is InChI=1S/C14H19F3N2O/c1-10(2)19-7-6-12(9-19)18-11-4-3-5-13(8-11)20-14(15,16)17/h3-5,8,10,12,18H,6-7,9H2,1-2H3. The van der Waals surface area contributed by atoms with Crippen molar-refractivity contribution in [1.82, 2.24) is 4.90 Å². The molecule has 1 N–H and O–H groups in total. The molecule has 2 rings (SSSR count). The van der Waals surface area contributed by atoms with Crippen LogP contribution in [0, 0.1) is 0 Å². The molecule has 1 heterocycles. The lowest BCUT2D eigenvalue weighted by Crippen LogP contribution is -2.31. The number of nitrogens with one attached hydrogen (secondary N) is 1. The first-order valence-corrected chi connectivity index (χ1v) is 6.70. The Hall–Kier alpha value is -1.43. The fraction of sp³-hybridized carbons (Fsp3) is 0.571. The molecule has 3 nitrogen and oxygen atoms in total. The summed E-state index contributed by atoms with van der Waals surface area (Å²) >= 11 is 0. The van der Waals surface area contributed by atoms with E-state index in [1.807, 2.05) is 0 Å². The van der Waals surface area contributed by atoms with E-state index in [1.54, 1.807) is 12.1 Å². The Balaban J connectivity index is 1.95. The van der Waals surface area contributed by atoms with Crippen LogP contribution in [0.3, 0.4) is 0 Å². The molecule has 112 valence electrons. The molecule has 0 aliphatic carbocycles. The lowest BCUT2D eigenvalue weighted by Gasteiger charge is -2.21. The van der Waals surface area contributed by atoms with E-state index in [2.05, 4.69) is 28.8 Å². The Labute approximate surface area is 116 Å². The molecule has 1 aromatic carbocycles. The highest BCUT2D eigenvalue weighted by Crippen LogP contribution is 2.26. The van der Waals surface area contributed by atoms with Gasteiger partial charge in [0, 0.05) is 36.9 Å². The van der Waals surface area contributed by atoms with Crippen LogP contribution in [0.5, 0.6) is 5.75 Å². The Kier molecular flexibility index (Phi) is 4.42. The summed E-state index contributed by atoms with van der Waals surface area (Å²) in [6.45, 7) is 6.19. The fourth-order valence-electron chi connectivity index (χ4n) is 2.39. The van der Waals surface area contributed by atoms with Gasteiger partial charge in [0.2, 0.25) is 0 Å². The molecule has 0 bridgehead atoms. The molecule has 1 aliphatic rings. The van der Waals surface area contributed by atoms with Gasteiger partial charge in [-0.1, -0.05) is 6.07 Å². The second-order valence-electron chi connectivity index (χ2n) is 5.29. The van der Waals surface area contributed by atoms with Crippen LogP contribution in [0.1, 0.15) is 20.3 Å². The smallest absolute Gasteiger partial charge is 0.406 e. The largest absolute Gasteiger partial charge is 0.573 e. The molecule has 0 saturated carbocycles. The topological polar surface area (TPSA) is 24.5 Å². The van der Waals surface area contributed by atoms with E-state index >= 15 is 0 Å². The van der Waals surface area contributed by atoms with Crippen LogP contribution >= 0.6 is 0 Å². The minimum Gasteiger partial charge on any atom is -0.406 e. The van der Waals surface area contributed by atoms with E-state index in [0.29, 0.717) is 11.7 Å². The predicted octanol–water partition coefficient (Wildman–Crippen LogP) is 3.48. The lowest BCUT2D eigenvalue weighted by molar-refractivity contribution is -0.274. The molecule has 0 amide bonds. The minimum atomic E-state index is -4.65. The van der Waals surface area contributed by atoms with Crippen molar-refractivity contribution in [2.45, 2.75) is 38.7 Å². The normalized spacial score (nSPS) is 20.4. The zero-order valence-electron chi connectivity index (χ0n) is 11.6. The average molecular weight is 288 g/mol. The van der Waals surface area contributed by atoms with Gasteiger partial charge in [0.25, 0.3) is 0 Å². The first-order valence-electron chi connectivity index (χ1n) is 6.70. The Morgan fingerprint density at radius 2 is 2.10 bits per heavy atom. The number of rotatable bonds is 4. The Bertz CT molecular complexity index is 448. The van der Waals surface area contributed by atoms with Gasteiger partial charge in [-0.3, -0.25) is 4.90 Å². The van der Waals surface area contributed by atoms with Crippen LogP contribution in [0.25, 0.3) is 0 Å². The number of ether oxygens (including phenoxy) is 1. The fourth-order valence-corrected chi connectivity index (χ4v) is 2.39. The van der Waals surface area contributed by atoms with Gasteiger partial charge in [0.15, 0.2) is 0 Å². The summed E-state index contributed by atoms with van der Waals surface area (Å²) in [4.78, 5) is 2.34. The molecule has 1 aliphatic heterocycles. The number of likely N-dealkylation sites (tertiary alicyclic amines) is 1. The van der Waals surface area contributed by atoms with E-state index < -0.39 is 6.36 Å². The summed E-state index contributed by atoms with van der Waals surface area (Å²) in [6.07, 6.45) is -3.66. The Morgan fingerprint density at radius 3 is 2.70 bits per heavy atom. The minimum absolute atomic E-state index is 0.193. The lowest BCUT2D eigenvalue weighted by atomic mass is 10.2. The molecule has 1 atom stereocenters. The molecule has 1 fully saturated rings. The quantitative estimate of drug-likeness (QED) is 0.918. The van der Waals surface area contributed by atoms with Crippen molar-refractivity contribution in [3.63, 3.8) is 0 Å². The van der Waals surface area contributed by atoms with E-state index in [0.717, 1.165) is 19.5 Å². The van der Waals surface area contributed by atoms with Crippen LogP contribution in [0.4, 0.5) is 18.9 Å². The van der Waals surface area contributed by atoms with Crippen LogP contribution in [0.15, 0.2) is 24.3 Å². The zero-order chi connectivity index (χ0) is 14.8. The summed E-state index contributed by atoms with van der Waals surface area (Å²) in [6, 6.07) is 6.74. The number of hydrogen-bond donors (Lipinski definition) is 1. The Morgan fingerprint density at radius 1 is 1.35 bits per heavy atom. The van der Waals surface area contributed by atoms with Gasteiger partial charge in [0.05, 0.1) is 0 Å². The van der Waals surface area contributed by atoms with Gasteiger partial charge < -0.3 is 10.1 Å². The average Bonchev–Trinajstić information content (AvgIpc) is 2.75. The number of halogens is 3. The highest BCUT2D eigenvalue weighted by Gasteiger charge is 2.31. The van der Waals surface area contributed by atoms with Crippen molar-refractivity contribution in [2.24, 2.45) is 0 Å². The monoisotopic (exact) mass is 288 g/mol. The van der Waals surface area contributed by atoms with E-state index in [4.69, 9.17) is 0 Å². The summed E-state index contributed by atoms with van der Waals surface area (Å²) in [7, 11) is 0. The van der Waals surface area contributed by atoms with Crippen molar-refractivity contribution < 1.29 is 17.9 Å². The molecule has 0 aromatic heterocycles. The first-order chi connectivity index (χ1) is 9.33. The molecule has 20 heavy (non-hydrogen) atoms. The second kappa shape index (κ2) is 5.91. The molecule has 6 heteroatoms. The number of hydrogen-bond acceptors (Lipinski definition) is 3. The van der Waals surface area contributed by atoms with Crippen molar-refractivity contribution in [2.75, 3.05) is 18.4 Å². The third-order valence-corrected chi connectivity index (χ3v) is 3.39. The molecule has 1 unspecified atom stereocenters. The predicted molar refractivity (Wildman–Crippen MR) is 71.9 cm³/mol. The maximum absolute atomic E-state index is 12.2. The van der Waals surface area contributed by atoms with E-state index in [1.165, 1.54) is 12.1 Å². The van der Waals surface area contributed by atoms with Crippen molar-refractivity contribution in [3.05, 3.63) is 24.3 Å². The van der Waals surface area contributed by atoms with Crippen molar-refractivity contribution >= 4 is 5.69 Å². The number of anilines is 1. The molecular weight excluding hydrogens is 269 g/mol. The van der Waals surface area contributed by atoms with E-state index in [9.17, 15) is 13.2 Å². The maximum atomic E-state index is 12.2. The van der Waals surface area contributed by atoms with Gasteiger partial charge in [-0.25, -0.2) is 0 Å². The SMILES string of the molecule is CC(C)N1CCC(Nc2cccc(OC(F)(F)F)c2)C1. The maximum Gasteiger partial charge on any atom is 0.573 e. The van der Waals surface area contributed by atoms with Gasteiger partial charge in [0.1, 0.15) is 5.75 Å². The van der Waals surface area contributed by atoms with Gasteiger partial charge >= 0.3 is 6.36 Å². The van der Waals surface area contributed by atoms with Crippen LogP contribution in [-0.2, 0) is 0 Å². The number of nitrogens with zero attached hydrogens (tertiary/aromatic N) is 1. The van der Waals surface area contributed by atoms with Gasteiger partial charge in [-0.05, 0) is 32.4 Å². The van der Waals surface area contributed by atoms with Gasteiger partial charge in [-0.2, -0.15) is 0 Å². The summed E-state index contributed by atoms with van der Waals surface area (Å²) < 4.78 is 40.4. The summed E-state index contributed by atoms with van der Waals surface area (Å²) in [5, 5.41) is 3.26. The summed E-state index contributed by atoms with van der Waals surface area (Å²) in [5.41, 5.74) is 0.655. The molecule has 1 saturated heterocycles.